The zero-order valence-electron chi connectivity index (χ0n) is 26.0. The van der Waals surface area contributed by atoms with E-state index in [1.165, 1.54) is 11.3 Å². The number of anilines is 1. The van der Waals surface area contributed by atoms with E-state index in [1.807, 2.05) is 39.8 Å². The molecule has 45 heavy (non-hydrogen) atoms. The minimum atomic E-state index is -0.799. The Kier molecular flexibility index (Phi) is 8.47. The quantitative estimate of drug-likeness (QED) is 0.380. The first-order valence-electron chi connectivity index (χ1n) is 15.2. The van der Waals surface area contributed by atoms with Crippen molar-refractivity contribution in [3.63, 3.8) is 0 Å². The van der Waals surface area contributed by atoms with Crippen molar-refractivity contribution in [1.29, 1.82) is 5.26 Å². The molecule has 0 unspecified atom stereocenters. The summed E-state index contributed by atoms with van der Waals surface area (Å²) in [4.78, 5) is 36.1. The van der Waals surface area contributed by atoms with Gasteiger partial charge in [-0.25, -0.2) is 4.79 Å². The number of hydrogen-bond donors (Lipinski definition) is 1. The average Bonchev–Trinajstić information content (AvgIpc) is 3.60. The maximum Gasteiger partial charge on any atom is 0.410 e. The summed E-state index contributed by atoms with van der Waals surface area (Å²) in [6.45, 7) is 8.17. The van der Waals surface area contributed by atoms with Crippen molar-refractivity contribution < 1.29 is 33.6 Å². The van der Waals surface area contributed by atoms with Crippen molar-refractivity contribution in [3.8, 4) is 22.9 Å². The topological polar surface area (TPSA) is 134 Å². The van der Waals surface area contributed by atoms with Gasteiger partial charge in [0.2, 0.25) is 0 Å². The summed E-state index contributed by atoms with van der Waals surface area (Å²) in [6, 6.07) is 8.86. The van der Waals surface area contributed by atoms with Gasteiger partial charge in [-0.2, -0.15) is 5.26 Å². The molecule has 238 valence electrons. The summed E-state index contributed by atoms with van der Waals surface area (Å²) in [5, 5.41) is 19.7. The molecule has 12 heteroatoms. The number of carbonyl (C=O) groups excluding carboxylic acids is 2. The number of amides is 2. The number of benzene rings is 1. The first-order valence-corrected chi connectivity index (χ1v) is 16.1. The first kappa shape index (κ1) is 31.2. The maximum atomic E-state index is 13.8. The minimum Gasteiger partial charge on any atom is -0.481 e. The standard InChI is InChI=1S/C33H38N4O7S/c1-32(2,3)44-31(40)36-16-21(14-33(36,4)19-43-28-7-5-6-10-41-28)37-27(39)18-42-26-12-20(15-34)11-24(29(26)37)23-8-9-35-25-13-22(17-38)45-30(23)25/h8-9,11-13,21,28,38H,5-7,10,14,16-19H2,1-4H3/t21-,28-,33-/m0/s1. The fourth-order valence-electron chi connectivity index (χ4n) is 6.38. The van der Waals surface area contributed by atoms with Crippen LogP contribution in [0, 0.1) is 11.3 Å². The highest BCUT2D eigenvalue weighted by atomic mass is 32.1. The average molecular weight is 635 g/mol. The summed E-state index contributed by atoms with van der Waals surface area (Å²) in [7, 11) is 0. The lowest BCUT2D eigenvalue weighted by molar-refractivity contribution is -0.177. The molecule has 2 aromatic heterocycles. The summed E-state index contributed by atoms with van der Waals surface area (Å²) >= 11 is 1.41. The summed E-state index contributed by atoms with van der Waals surface area (Å²) in [5.74, 6) is 0.160. The number of aliphatic hydroxyl groups is 1. The van der Waals surface area contributed by atoms with Crippen molar-refractivity contribution in [3.05, 3.63) is 40.9 Å². The van der Waals surface area contributed by atoms with E-state index in [2.05, 4.69) is 11.1 Å². The van der Waals surface area contributed by atoms with Crippen LogP contribution < -0.4 is 9.64 Å². The molecule has 6 rings (SSSR count). The highest BCUT2D eigenvalue weighted by Gasteiger charge is 2.51. The molecule has 3 atom stereocenters. The fourth-order valence-corrected chi connectivity index (χ4v) is 7.39. The summed E-state index contributed by atoms with van der Waals surface area (Å²) < 4.78 is 24.7. The Bertz CT molecular complexity index is 1650. The normalized spacial score (nSPS) is 23.5. The van der Waals surface area contributed by atoms with Gasteiger partial charge in [-0.15, -0.1) is 11.3 Å². The van der Waals surface area contributed by atoms with Crippen molar-refractivity contribution in [2.75, 3.05) is 31.3 Å². The number of thiophene rings is 1. The molecule has 0 aliphatic carbocycles. The van der Waals surface area contributed by atoms with E-state index in [-0.39, 0.29) is 38.6 Å². The van der Waals surface area contributed by atoms with E-state index in [0.29, 0.717) is 41.1 Å². The zero-order chi connectivity index (χ0) is 31.9. The van der Waals surface area contributed by atoms with E-state index in [0.717, 1.165) is 34.4 Å². The Labute approximate surface area is 266 Å². The Morgan fingerprint density at radius 1 is 1.27 bits per heavy atom. The molecule has 2 saturated heterocycles. The van der Waals surface area contributed by atoms with Crippen molar-refractivity contribution in [2.24, 2.45) is 0 Å². The molecular weight excluding hydrogens is 596 g/mol. The van der Waals surface area contributed by atoms with Gasteiger partial charge < -0.3 is 29.0 Å². The van der Waals surface area contributed by atoms with E-state index in [4.69, 9.17) is 18.9 Å². The molecule has 0 bridgehead atoms. The van der Waals surface area contributed by atoms with Gasteiger partial charge in [0.25, 0.3) is 5.91 Å². The second-order valence-electron chi connectivity index (χ2n) is 13.0. The number of rotatable bonds is 6. The Morgan fingerprint density at radius 2 is 2.09 bits per heavy atom. The molecule has 3 aliphatic heterocycles. The lowest BCUT2D eigenvalue weighted by Gasteiger charge is -2.37. The summed E-state index contributed by atoms with van der Waals surface area (Å²) in [6.07, 6.45) is 4.06. The number of likely N-dealkylation sites (tertiary alicyclic amines) is 1. The second-order valence-corrected chi connectivity index (χ2v) is 14.2. The predicted octanol–water partition coefficient (Wildman–Crippen LogP) is 5.36. The third-order valence-corrected chi connectivity index (χ3v) is 9.53. The molecule has 2 amide bonds. The maximum absolute atomic E-state index is 13.8. The smallest absolute Gasteiger partial charge is 0.410 e. The molecule has 0 saturated carbocycles. The van der Waals surface area contributed by atoms with Crippen LogP contribution in [-0.2, 0) is 25.6 Å². The van der Waals surface area contributed by atoms with Gasteiger partial charge in [-0.3, -0.25) is 14.7 Å². The third kappa shape index (κ3) is 6.22. The number of aliphatic hydroxyl groups excluding tert-OH is 1. The van der Waals surface area contributed by atoms with Crippen LogP contribution in [0.2, 0.25) is 0 Å². The Hall–Kier alpha value is -3.76. The van der Waals surface area contributed by atoms with Crippen LogP contribution >= 0.6 is 11.3 Å². The van der Waals surface area contributed by atoms with Crippen molar-refractivity contribution in [2.45, 2.75) is 83.5 Å². The van der Waals surface area contributed by atoms with Gasteiger partial charge in [-0.1, -0.05) is 0 Å². The lowest BCUT2D eigenvalue weighted by Crippen LogP contribution is -2.50. The van der Waals surface area contributed by atoms with Crippen molar-refractivity contribution in [1.82, 2.24) is 9.88 Å². The highest BCUT2D eigenvalue weighted by Crippen LogP contribution is 2.48. The largest absolute Gasteiger partial charge is 0.481 e. The monoisotopic (exact) mass is 634 g/mol. The van der Waals surface area contributed by atoms with Crippen LogP contribution in [-0.4, -0.2) is 76.8 Å². The van der Waals surface area contributed by atoms with Crippen LogP contribution in [0.5, 0.6) is 5.75 Å². The SMILES string of the molecule is CC(C)(C)OC(=O)N1C[C@@H](N2C(=O)COc3cc(C#N)cc(-c4ccnc5cc(CO)sc45)c32)C[C@@]1(C)CO[C@H]1CCCCO1. The molecule has 2 fully saturated rings. The third-order valence-electron chi connectivity index (χ3n) is 8.39. The number of nitriles is 1. The number of fused-ring (bicyclic) bond motifs is 2. The molecule has 0 spiro atoms. The highest BCUT2D eigenvalue weighted by molar-refractivity contribution is 7.19. The Morgan fingerprint density at radius 3 is 2.80 bits per heavy atom. The number of nitrogens with zero attached hydrogens (tertiary/aromatic N) is 4. The molecule has 0 radical (unpaired) electrons. The van der Waals surface area contributed by atoms with E-state index >= 15 is 0 Å². The molecule has 3 aromatic rings. The number of aromatic nitrogens is 1. The van der Waals surface area contributed by atoms with E-state index in [9.17, 15) is 20.0 Å². The molecule has 11 nitrogen and oxygen atoms in total. The van der Waals surface area contributed by atoms with Crippen molar-refractivity contribution >= 4 is 39.2 Å². The van der Waals surface area contributed by atoms with Crippen LogP contribution in [0.1, 0.15) is 63.8 Å². The lowest BCUT2D eigenvalue weighted by atomic mass is 9.94. The van der Waals surface area contributed by atoms with E-state index < -0.39 is 23.3 Å². The predicted molar refractivity (Wildman–Crippen MR) is 168 cm³/mol. The van der Waals surface area contributed by atoms with Crippen LogP contribution in [0.3, 0.4) is 0 Å². The second kappa shape index (κ2) is 12.2. The number of carbonyl (C=O) groups is 2. The number of ether oxygens (including phenoxy) is 4. The van der Waals surface area contributed by atoms with Gasteiger partial charge >= 0.3 is 6.09 Å². The van der Waals surface area contributed by atoms with Gasteiger partial charge in [0.05, 0.1) is 52.3 Å². The molecule has 3 aliphatic rings. The van der Waals surface area contributed by atoms with Crippen LogP contribution in [0.15, 0.2) is 30.5 Å². The number of hydrogen-bond acceptors (Lipinski definition) is 10. The van der Waals surface area contributed by atoms with E-state index in [1.54, 1.807) is 28.1 Å². The van der Waals surface area contributed by atoms with Crippen LogP contribution in [0.25, 0.3) is 21.3 Å². The molecular formula is C33H38N4O7S. The molecule has 1 N–H and O–H groups in total. The number of pyridine rings is 1. The van der Waals surface area contributed by atoms with Gasteiger partial charge in [0.1, 0.15) is 11.4 Å². The van der Waals surface area contributed by atoms with Gasteiger partial charge in [0, 0.05) is 41.4 Å². The zero-order valence-corrected chi connectivity index (χ0v) is 26.8. The van der Waals surface area contributed by atoms with Gasteiger partial charge in [0.15, 0.2) is 12.9 Å². The summed E-state index contributed by atoms with van der Waals surface area (Å²) in [5.41, 5.74) is 1.52. The first-order chi connectivity index (χ1) is 21.5. The Balaban J connectivity index is 1.42. The molecule has 1 aromatic carbocycles. The molecule has 5 heterocycles. The minimum absolute atomic E-state index is 0.125. The van der Waals surface area contributed by atoms with Gasteiger partial charge in [-0.05, 0) is 71.6 Å². The fraction of sp³-hybridized carbons (Fsp3) is 0.515. The van der Waals surface area contributed by atoms with Crippen LogP contribution in [0.4, 0.5) is 10.5 Å².